The number of aliphatic imine (C=N–C) groups is 1. The Morgan fingerprint density at radius 3 is 2.84 bits per heavy atom. The monoisotopic (exact) mass is 549 g/mol. The Morgan fingerprint density at radius 2 is 2.10 bits per heavy atom. The van der Waals surface area contributed by atoms with Crippen molar-refractivity contribution < 1.29 is 9.47 Å². The second-order valence-corrected chi connectivity index (χ2v) is 8.57. The molecule has 2 aliphatic heterocycles. The molecule has 2 aliphatic rings. The molecule has 3 heterocycles. The zero-order valence-electron chi connectivity index (χ0n) is 19.3. The fourth-order valence-corrected chi connectivity index (χ4v) is 3.99. The predicted octanol–water partition coefficient (Wildman–Crippen LogP) is 1.53. The lowest BCUT2D eigenvalue weighted by molar-refractivity contribution is -0.0262. The molecule has 0 saturated carbocycles. The summed E-state index contributed by atoms with van der Waals surface area (Å²) in [6.07, 6.45) is 5.33. The highest BCUT2D eigenvalue weighted by Gasteiger charge is 2.21. The summed E-state index contributed by atoms with van der Waals surface area (Å²) in [5.41, 5.74) is 0. The van der Waals surface area contributed by atoms with E-state index in [0.717, 1.165) is 83.5 Å². The first-order valence-electron chi connectivity index (χ1n) is 11.5. The molecule has 10 heteroatoms. The zero-order chi connectivity index (χ0) is 21.2. The Morgan fingerprint density at radius 1 is 1.26 bits per heavy atom. The normalized spacial score (nSPS) is 22.5. The molecule has 0 bridgehead atoms. The lowest BCUT2D eigenvalue weighted by atomic mass is 10.2. The van der Waals surface area contributed by atoms with Gasteiger partial charge in [-0.15, -0.1) is 34.2 Å². The van der Waals surface area contributed by atoms with Crippen molar-refractivity contribution in [1.29, 1.82) is 0 Å². The van der Waals surface area contributed by atoms with Gasteiger partial charge in [-0.25, -0.2) is 0 Å². The summed E-state index contributed by atoms with van der Waals surface area (Å²) in [6, 6.07) is 0. The fraction of sp³-hybridized carbons (Fsp3) is 0.857. The molecule has 0 spiro atoms. The highest BCUT2D eigenvalue weighted by Crippen LogP contribution is 2.11. The third kappa shape index (κ3) is 9.19. The van der Waals surface area contributed by atoms with Crippen LogP contribution in [0, 0.1) is 5.92 Å². The maximum Gasteiger partial charge on any atom is 0.191 e. The van der Waals surface area contributed by atoms with Crippen molar-refractivity contribution in [3.8, 4) is 0 Å². The average molecular weight is 550 g/mol. The van der Waals surface area contributed by atoms with Crippen LogP contribution in [0.25, 0.3) is 0 Å². The Hall–Kier alpha value is -0.980. The van der Waals surface area contributed by atoms with Crippen LogP contribution in [0.15, 0.2) is 11.3 Å². The van der Waals surface area contributed by atoms with Crippen LogP contribution in [0.5, 0.6) is 0 Å². The van der Waals surface area contributed by atoms with Gasteiger partial charge in [-0.05, 0) is 18.8 Å². The quantitative estimate of drug-likeness (QED) is 0.260. The number of morpholine rings is 1. The van der Waals surface area contributed by atoms with Crippen LogP contribution in [0.2, 0.25) is 0 Å². The molecule has 2 saturated heterocycles. The highest BCUT2D eigenvalue weighted by molar-refractivity contribution is 14.0. The summed E-state index contributed by atoms with van der Waals surface area (Å²) in [6.45, 7) is 14.3. The molecule has 2 atom stereocenters. The molecule has 0 radical (unpaired) electrons. The average Bonchev–Trinajstić information content (AvgIpc) is 3.41. The SMILES string of the molecule is CCc1nncn1CCNC(=NCC1CN(CC(C)C)CCO1)NCC1CCCO1.I. The fourth-order valence-electron chi connectivity index (χ4n) is 3.99. The lowest BCUT2D eigenvalue weighted by Crippen LogP contribution is -2.46. The number of aromatic nitrogens is 3. The van der Waals surface area contributed by atoms with Gasteiger partial charge in [-0.1, -0.05) is 20.8 Å². The van der Waals surface area contributed by atoms with Gasteiger partial charge in [0.05, 0.1) is 25.4 Å². The number of halogens is 1. The summed E-state index contributed by atoms with van der Waals surface area (Å²) in [5.74, 6) is 2.49. The molecular formula is C21H40IN7O2. The van der Waals surface area contributed by atoms with Crippen molar-refractivity contribution in [2.45, 2.75) is 58.8 Å². The van der Waals surface area contributed by atoms with Crippen LogP contribution in [0.3, 0.4) is 0 Å². The van der Waals surface area contributed by atoms with E-state index in [9.17, 15) is 0 Å². The summed E-state index contributed by atoms with van der Waals surface area (Å²) < 4.78 is 13.8. The zero-order valence-corrected chi connectivity index (χ0v) is 21.6. The van der Waals surface area contributed by atoms with Gasteiger partial charge in [-0.3, -0.25) is 9.89 Å². The topological polar surface area (TPSA) is 88.8 Å². The van der Waals surface area contributed by atoms with Gasteiger partial charge in [0, 0.05) is 52.3 Å². The van der Waals surface area contributed by atoms with Gasteiger partial charge in [0.1, 0.15) is 12.2 Å². The van der Waals surface area contributed by atoms with Crippen LogP contribution in [0.4, 0.5) is 0 Å². The van der Waals surface area contributed by atoms with Crippen LogP contribution < -0.4 is 10.6 Å². The molecule has 2 unspecified atom stereocenters. The van der Waals surface area contributed by atoms with E-state index < -0.39 is 0 Å². The first-order chi connectivity index (χ1) is 14.6. The van der Waals surface area contributed by atoms with Crippen molar-refractivity contribution in [3.05, 3.63) is 12.2 Å². The summed E-state index contributed by atoms with van der Waals surface area (Å²) in [7, 11) is 0. The smallest absolute Gasteiger partial charge is 0.191 e. The standard InChI is InChI=1S/C21H39N7O2.HI/c1-4-20-26-25-16-28(20)8-7-22-21(23-12-18-6-5-10-29-18)24-13-19-15-27(9-11-30-19)14-17(2)3;/h16-19H,4-15H2,1-3H3,(H2,22,23,24);1H. The predicted molar refractivity (Wildman–Crippen MR) is 133 cm³/mol. The molecule has 0 amide bonds. The van der Waals surface area contributed by atoms with E-state index in [0.29, 0.717) is 12.5 Å². The highest BCUT2D eigenvalue weighted by atomic mass is 127. The molecule has 31 heavy (non-hydrogen) atoms. The Bertz CT molecular complexity index is 649. The minimum Gasteiger partial charge on any atom is -0.376 e. The maximum absolute atomic E-state index is 5.96. The minimum absolute atomic E-state index is 0. The van der Waals surface area contributed by atoms with Gasteiger partial charge < -0.3 is 24.7 Å². The van der Waals surface area contributed by atoms with Crippen LogP contribution in [0.1, 0.15) is 39.4 Å². The molecule has 3 rings (SSSR count). The van der Waals surface area contributed by atoms with E-state index in [4.69, 9.17) is 14.5 Å². The number of ether oxygens (including phenoxy) is 2. The van der Waals surface area contributed by atoms with Gasteiger partial charge >= 0.3 is 0 Å². The molecule has 0 aromatic carbocycles. The number of nitrogens with zero attached hydrogens (tertiary/aromatic N) is 5. The molecule has 0 aliphatic carbocycles. The van der Waals surface area contributed by atoms with Crippen molar-refractivity contribution in [3.63, 3.8) is 0 Å². The van der Waals surface area contributed by atoms with Gasteiger partial charge in [0.15, 0.2) is 5.96 Å². The maximum atomic E-state index is 5.96. The first kappa shape index (κ1) is 26.3. The molecular weight excluding hydrogens is 509 g/mol. The molecule has 1 aromatic heterocycles. The number of hydrogen-bond donors (Lipinski definition) is 2. The van der Waals surface area contributed by atoms with Crippen molar-refractivity contribution >= 4 is 29.9 Å². The van der Waals surface area contributed by atoms with Crippen LogP contribution >= 0.6 is 24.0 Å². The Kier molecular flexibility index (Phi) is 12.1. The first-order valence-corrected chi connectivity index (χ1v) is 11.5. The van der Waals surface area contributed by atoms with Gasteiger partial charge in [-0.2, -0.15) is 0 Å². The molecule has 178 valence electrons. The van der Waals surface area contributed by atoms with Gasteiger partial charge in [0.2, 0.25) is 0 Å². The van der Waals surface area contributed by atoms with Gasteiger partial charge in [0.25, 0.3) is 0 Å². The van der Waals surface area contributed by atoms with E-state index in [-0.39, 0.29) is 36.2 Å². The van der Waals surface area contributed by atoms with E-state index in [1.54, 1.807) is 6.33 Å². The Balaban J connectivity index is 0.00000341. The third-order valence-corrected chi connectivity index (χ3v) is 5.48. The van der Waals surface area contributed by atoms with Crippen LogP contribution in [-0.4, -0.2) is 90.3 Å². The number of rotatable bonds is 10. The van der Waals surface area contributed by atoms with Crippen molar-refractivity contribution in [1.82, 2.24) is 30.3 Å². The Labute approximate surface area is 203 Å². The number of aryl methyl sites for hydroxylation is 1. The number of hydrogen-bond acceptors (Lipinski definition) is 6. The van der Waals surface area contributed by atoms with Crippen molar-refractivity contribution in [2.24, 2.45) is 10.9 Å². The van der Waals surface area contributed by atoms with E-state index in [1.807, 2.05) is 0 Å². The second kappa shape index (κ2) is 14.2. The number of nitrogens with one attached hydrogen (secondary N) is 2. The van der Waals surface area contributed by atoms with E-state index in [1.165, 1.54) is 0 Å². The molecule has 2 fully saturated rings. The third-order valence-electron chi connectivity index (χ3n) is 5.48. The summed E-state index contributed by atoms with van der Waals surface area (Å²) >= 11 is 0. The molecule has 2 N–H and O–H groups in total. The molecule has 9 nitrogen and oxygen atoms in total. The van der Waals surface area contributed by atoms with Crippen molar-refractivity contribution in [2.75, 3.05) is 52.5 Å². The summed E-state index contributed by atoms with van der Waals surface area (Å²) in [5, 5.41) is 15.1. The second-order valence-electron chi connectivity index (χ2n) is 8.57. The lowest BCUT2D eigenvalue weighted by Gasteiger charge is -2.33. The van der Waals surface area contributed by atoms with E-state index in [2.05, 4.69) is 51.1 Å². The van der Waals surface area contributed by atoms with E-state index >= 15 is 0 Å². The van der Waals surface area contributed by atoms with Crippen LogP contribution in [-0.2, 0) is 22.4 Å². The number of guanidine groups is 1. The molecule has 1 aromatic rings. The minimum atomic E-state index is 0. The largest absolute Gasteiger partial charge is 0.376 e. The summed E-state index contributed by atoms with van der Waals surface area (Å²) in [4.78, 5) is 7.32.